The molecule has 0 aromatic carbocycles. The molecule has 0 aliphatic heterocycles. The monoisotopic (exact) mass is 281 g/mol. The first-order chi connectivity index (χ1) is 8.79. The zero-order valence-electron chi connectivity index (χ0n) is 10.5. The fourth-order valence-electron chi connectivity index (χ4n) is 2.25. The summed E-state index contributed by atoms with van der Waals surface area (Å²) in [6.45, 7) is 0.211. The van der Waals surface area contributed by atoms with Gasteiger partial charge in [0, 0.05) is 18.9 Å². The third-order valence-electron chi connectivity index (χ3n) is 3.34. The van der Waals surface area contributed by atoms with Crippen LogP contribution < -0.4 is 5.32 Å². The van der Waals surface area contributed by atoms with Gasteiger partial charge in [-0.3, -0.25) is 9.59 Å². The molecule has 0 radical (unpaired) electrons. The third kappa shape index (κ3) is 5.94. The predicted octanol–water partition coefficient (Wildman–Crippen LogP) is 2.34. The second kappa shape index (κ2) is 6.77. The molecule has 19 heavy (non-hydrogen) atoms. The molecule has 2 N–H and O–H groups in total. The van der Waals surface area contributed by atoms with Crippen molar-refractivity contribution < 1.29 is 27.9 Å². The molecular formula is C12H18F3NO3. The smallest absolute Gasteiger partial charge is 0.389 e. The van der Waals surface area contributed by atoms with E-state index in [9.17, 15) is 22.8 Å². The van der Waals surface area contributed by atoms with Crippen LogP contribution in [0.1, 0.15) is 38.5 Å². The lowest BCUT2D eigenvalue weighted by Crippen LogP contribution is -2.30. The second-order valence-corrected chi connectivity index (χ2v) is 4.91. The van der Waals surface area contributed by atoms with E-state index >= 15 is 0 Å². The number of carboxylic acid groups (broad SMARTS) is 1. The van der Waals surface area contributed by atoms with Crippen molar-refractivity contribution in [3.63, 3.8) is 0 Å². The number of aliphatic carboxylic acids is 1. The van der Waals surface area contributed by atoms with Crippen LogP contribution in [0.15, 0.2) is 0 Å². The average molecular weight is 281 g/mol. The molecule has 0 aromatic heterocycles. The molecule has 1 fully saturated rings. The zero-order chi connectivity index (χ0) is 14.5. The van der Waals surface area contributed by atoms with Crippen molar-refractivity contribution in [3.8, 4) is 0 Å². The van der Waals surface area contributed by atoms with Crippen molar-refractivity contribution in [1.82, 2.24) is 5.32 Å². The number of hydrogen-bond donors (Lipinski definition) is 2. The molecule has 1 amide bonds. The maximum Gasteiger partial charge on any atom is 0.389 e. The minimum atomic E-state index is -4.15. The van der Waals surface area contributed by atoms with Gasteiger partial charge >= 0.3 is 12.1 Å². The lowest BCUT2D eigenvalue weighted by atomic mass is 10.0. The Bertz CT molecular complexity index is 331. The maximum absolute atomic E-state index is 11.9. The number of hydrogen-bond acceptors (Lipinski definition) is 2. The highest BCUT2D eigenvalue weighted by molar-refractivity contribution is 5.80. The summed E-state index contributed by atoms with van der Waals surface area (Å²) in [7, 11) is 0. The summed E-state index contributed by atoms with van der Waals surface area (Å²) in [5.41, 5.74) is 0. The fourth-order valence-corrected chi connectivity index (χ4v) is 2.25. The molecule has 0 heterocycles. The molecule has 1 aliphatic carbocycles. The number of carboxylic acids is 1. The van der Waals surface area contributed by atoms with Gasteiger partial charge in [-0.1, -0.05) is 0 Å². The van der Waals surface area contributed by atoms with E-state index < -0.39 is 24.5 Å². The normalized spacial score (nSPS) is 23.3. The number of unbranched alkanes of at least 4 members (excludes halogenated alkanes) is 1. The minimum Gasteiger partial charge on any atom is -0.481 e. The Hall–Kier alpha value is -1.27. The standard InChI is InChI=1S/C12H18F3NO3/c13-12(14,15)5-1-2-6-16-10(17)8-3-4-9(7-8)11(18)19/h8-9H,1-7H2,(H,16,17)(H,18,19). The predicted molar refractivity (Wildman–Crippen MR) is 61.4 cm³/mol. The Kier molecular flexibility index (Phi) is 5.62. The number of amides is 1. The molecule has 2 atom stereocenters. The number of carbonyl (C=O) groups is 2. The van der Waals surface area contributed by atoms with Crippen molar-refractivity contribution in [3.05, 3.63) is 0 Å². The van der Waals surface area contributed by atoms with Gasteiger partial charge in [0.1, 0.15) is 0 Å². The van der Waals surface area contributed by atoms with E-state index in [0.717, 1.165) is 0 Å². The summed E-state index contributed by atoms with van der Waals surface area (Å²) in [4.78, 5) is 22.4. The zero-order valence-corrected chi connectivity index (χ0v) is 10.5. The number of halogens is 3. The van der Waals surface area contributed by atoms with Crippen LogP contribution in [0.2, 0.25) is 0 Å². The third-order valence-corrected chi connectivity index (χ3v) is 3.34. The highest BCUT2D eigenvalue weighted by Crippen LogP contribution is 2.31. The van der Waals surface area contributed by atoms with Gasteiger partial charge in [0.15, 0.2) is 0 Å². The lowest BCUT2D eigenvalue weighted by Gasteiger charge is -2.11. The largest absolute Gasteiger partial charge is 0.481 e. The van der Waals surface area contributed by atoms with Crippen LogP contribution in [0.3, 0.4) is 0 Å². The molecule has 7 heteroatoms. The Morgan fingerprint density at radius 3 is 2.32 bits per heavy atom. The van der Waals surface area contributed by atoms with Crippen molar-refractivity contribution in [2.24, 2.45) is 11.8 Å². The number of rotatable bonds is 6. The minimum absolute atomic E-state index is 0.00774. The van der Waals surface area contributed by atoms with E-state index in [2.05, 4.69) is 5.32 Å². The molecule has 1 saturated carbocycles. The molecule has 4 nitrogen and oxygen atoms in total. The fraction of sp³-hybridized carbons (Fsp3) is 0.833. The molecule has 0 aromatic rings. The summed E-state index contributed by atoms with van der Waals surface area (Å²) >= 11 is 0. The number of carbonyl (C=O) groups excluding carboxylic acids is 1. The van der Waals surface area contributed by atoms with Gasteiger partial charge in [-0.15, -0.1) is 0 Å². The van der Waals surface area contributed by atoms with Crippen LogP contribution in [-0.2, 0) is 9.59 Å². The van der Waals surface area contributed by atoms with Crippen molar-refractivity contribution in [1.29, 1.82) is 0 Å². The summed E-state index contributed by atoms with van der Waals surface area (Å²) in [5, 5.41) is 11.4. The van der Waals surface area contributed by atoms with Gasteiger partial charge in [0.2, 0.25) is 5.91 Å². The van der Waals surface area contributed by atoms with E-state index in [4.69, 9.17) is 5.11 Å². The number of alkyl halides is 3. The molecule has 0 spiro atoms. The van der Waals surface area contributed by atoms with Gasteiger partial charge < -0.3 is 10.4 Å². The van der Waals surface area contributed by atoms with Crippen LogP contribution in [0, 0.1) is 11.8 Å². The van der Waals surface area contributed by atoms with Crippen LogP contribution in [0.4, 0.5) is 13.2 Å². The first kappa shape index (κ1) is 15.8. The summed E-state index contributed by atoms with van der Waals surface area (Å²) < 4.78 is 35.6. The Morgan fingerprint density at radius 1 is 1.16 bits per heavy atom. The molecular weight excluding hydrogens is 263 g/mol. The summed E-state index contributed by atoms with van der Waals surface area (Å²) in [5.74, 6) is -1.92. The lowest BCUT2D eigenvalue weighted by molar-refractivity contribution is -0.141. The van der Waals surface area contributed by atoms with Crippen LogP contribution in [-0.4, -0.2) is 29.7 Å². The first-order valence-electron chi connectivity index (χ1n) is 6.37. The van der Waals surface area contributed by atoms with Crippen molar-refractivity contribution >= 4 is 11.9 Å². The molecule has 2 unspecified atom stereocenters. The highest BCUT2D eigenvalue weighted by Gasteiger charge is 2.33. The van der Waals surface area contributed by atoms with Crippen LogP contribution in [0.25, 0.3) is 0 Å². The molecule has 0 saturated heterocycles. The SMILES string of the molecule is O=C(O)C1CCC(C(=O)NCCCCC(F)(F)F)C1. The van der Waals surface area contributed by atoms with E-state index in [1.165, 1.54) is 0 Å². The number of nitrogens with one attached hydrogen (secondary N) is 1. The summed E-state index contributed by atoms with van der Waals surface area (Å²) in [6, 6.07) is 0. The highest BCUT2D eigenvalue weighted by atomic mass is 19.4. The van der Waals surface area contributed by atoms with Crippen LogP contribution in [0.5, 0.6) is 0 Å². The Balaban J connectivity index is 2.14. The summed E-state index contributed by atoms with van der Waals surface area (Å²) in [6.07, 6.45) is -3.37. The van der Waals surface area contributed by atoms with Crippen molar-refractivity contribution in [2.75, 3.05) is 6.54 Å². The second-order valence-electron chi connectivity index (χ2n) is 4.91. The van der Waals surface area contributed by atoms with Crippen molar-refractivity contribution in [2.45, 2.75) is 44.7 Å². The quantitative estimate of drug-likeness (QED) is 0.734. The van der Waals surface area contributed by atoms with Gasteiger partial charge in [0.25, 0.3) is 0 Å². The van der Waals surface area contributed by atoms with Gasteiger partial charge in [-0.2, -0.15) is 13.2 Å². The molecule has 1 rings (SSSR count). The van der Waals surface area contributed by atoms with Crippen LogP contribution >= 0.6 is 0 Å². The Morgan fingerprint density at radius 2 is 1.79 bits per heavy atom. The van der Waals surface area contributed by atoms with E-state index in [1.807, 2.05) is 0 Å². The Labute approximate surface area is 109 Å². The molecule has 1 aliphatic rings. The average Bonchev–Trinajstić information content (AvgIpc) is 2.76. The van der Waals surface area contributed by atoms with E-state index in [1.54, 1.807) is 0 Å². The van der Waals surface area contributed by atoms with Gasteiger partial charge in [-0.05, 0) is 32.1 Å². The molecule has 110 valence electrons. The first-order valence-corrected chi connectivity index (χ1v) is 6.37. The maximum atomic E-state index is 11.9. The van der Waals surface area contributed by atoms with Gasteiger partial charge in [-0.25, -0.2) is 0 Å². The van der Waals surface area contributed by atoms with Gasteiger partial charge in [0.05, 0.1) is 5.92 Å². The topological polar surface area (TPSA) is 66.4 Å². The van der Waals surface area contributed by atoms with E-state index in [0.29, 0.717) is 19.3 Å². The van der Waals surface area contributed by atoms with E-state index in [-0.39, 0.29) is 31.2 Å². The molecule has 0 bridgehead atoms.